The Labute approximate surface area is 93.0 Å². The molecule has 0 fully saturated rings. The minimum Gasteiger partial charge on any atom is -0.387 e. The van der Waals surface area contributed by atoms with Gasteiger partial charge >= 0.3 is 0 Å². The third-order valence-electron chi connectivity index (χ3n) is 2.26. The molecule has 2 aromatic rings. The van der Waals surface area contributed by atoms with E-state index in [0.29, 0.717) is 6.42 Å². The molecule has 0 saturated heterocycles. The Bertz CT molecular complexity index is 447. The predicted molar refractivity (Wildman–Crippen MR) is 60.9 cm³/mol. The predicted octanol–water partition coefficient (Wildman–Crippen LogP) is 2.07. The van der Waals surface area contributed by atoms with E-state index in [9.17, 15) is 5.11 Å². The van der Waals surface area contributed by atoms with Gasteiger partial charge in [0.15, 0.2) is 0 Å². The number of hydrogen-bond acceptors (Lipinski definition) is 3. The SMILES string of the molecule is Cc1ccc(C(O)Cc2ccn(C)n2)s1. The van der Waals surface area contributed by atoms with Crippen LogP contribution in [0, 0.1) is 6.92 Å². The van der Waals surface area contributed by atoms with Gasteiger partial charge in [-0.05, 0) is 25.1 Å². The smallest absolute Gasteiger partial charge is 0.0938 e. The molecule has 2 heterocycles. The zero-order chi connectivity index (χ0) is 10.8. The van der Waals surface area contributed by atoms with Gasteiger partial charge in [0, 0.05) is 29.4 Å². The lowest BCUT2D eigenvalue weighted by molar-refractivity contribution is 0.181. The van der Waals surface area contributed by atoms with Gasteiger partial charge in [-0.15, -0.1) is 11.3 Å². The molecule has 80 valence electrons. The van der Waals surface area contributed by atoms with Crippen LogP contribution >= 0.6 is 11.3 Å². The molecule has 0 aromatic carbocycles. The van der Waals surface area contributed by atoms with Gasteiger partial charge in [-0.2, -0.15) is 5.10 Å². The van der Waals surface area contributed by atoms with Gasteiger partial charge in [0.25, 0.3) is 0 Å². The molecule has 0 radical (unpaired) electrons. The summed E-state index contributed by atoms with van der Waals surface area (Å²) in [5.74, 6) is 0. The quantitative estimate of drug-likeness (QED) is 0.863. The zero-order valence-electron chi connectivity index (χ0n) is 8.84. The van der Waals surface area contributed by atoms with E-state index in [1.54, 1.807) is 16.0 Å². The van der Waals surface area contributed by atoms with E-state index in [1.165, 1.54) is 4.88 Å². The van der Waals surface area contributed by atoms with E-state index in [-0.39, 0.29) is 0 Å². The molecule has 0 saturated carbocycles. The van der Waals surface area contributed by atoms with E-state index in [1.807, 2.05) is 38.4 Å². The van der Waals surface area contributed by atoms with Crippen molar-refractivity contribution in [1.82, 2.24) is 9.78 Å². The number of aliphatic hydroxyl groups excluding tert-OH is 1. The summed E-state index contributed by atoms with van der Waals surface area (Å²) in [7, 11) is 1.88. The monoisotopic (exact) mass is 222 g/mol. The highest BCUT2D eigenvalue weighted by molar-refractivity contribution is 7.12. The van der Waals surface area contributed by atoms with Gasteiger partial charge in [0.2, 0.25) is 0 Å². The third kappa shape index (κ3) is 2.46. The van der Waals surface area contributed by atoms with E-state index in [0.717, 1.165) is 10.6 Å². The first-order valence-electron chi connectivity index (χ1n) is 4.88. The molecule has 4 heteroatoms. The summed E-state index contributed by atoms with van der Waals surface area (Å²) in [6.07, 6.45) is 2.04. The third-order valence-corrected chi connectivity index (χ3v) is 3.36. The summed E-state index contributed by atoms with van der Waals surface area (Å²) in [4.78, 5) is 2.24. The molecule has 1 unspecified atom stereocenters. The second-order valence-corrected chi connectivity index (χ2v) is 4.97. The zero-order valence-corrected chi connectivity index (χ0v) is 9.66. The Kier molecular flexibility index (Phi) is 2.88. The van der Waals surface area contributed by atoms with Crippen molar-refractivity contribution in [2.75, 3.05) is 0 Å². The highest BCUT2D eigenvalue weighted by Gasteiger charge is 2.11. The first-order valence-corrected chi connectivity index (χ1v) is 5.70. The van der Waals surface area contributed by atoms with Gasteiger partial charge in [0.1, 0.15) is 0 Å². The fraction of sp³-hybridized carbons (Fsp3) is 0.364. The fourth-order valence-corrected chi connectivity index (χ4v) is 2.37. The molecule has 0 aliphatic rings. The van der Waals surface area contributed by atoms with Gasteiger partial charge in [-0.3, -0.25) is 4.68 Å². The first-order chi connectivity index (χ1) is 7.15. The summed E-state index contributed by atoms with van der Waals surface area (Å²) >= 11 is 1.64. The normalized spacial score (nSPS) is 13.0. The first kappa shape index (κ1) is 10.4. The molecule has 0 spiro atoms. The Morgan fingerprint density at radius 2 is 2.27 bits per heavy atom. The van der Waals surface area contributed by atoms with Crippen molar-refractivity contribution in [3.05, 3.63) is 39.8 Å². The standard InChI is InChI=1S/C11H14N2OS/c1-8-3-4-11(15-8)10(14)7-9-5-6-13(2)12-9/h3-6,10,14H,7H2,1-2H3. The summed E-state index contributed by atoms with van der Waals surface area (Å²) in [6, 6.07) is 5.94. The van der Waals surface area contributed by atoms with Crippen molar-refractivity contribution in [1.29, 1.82) is 0 Å². The molecule has 0 aliphatic heterocycles. The fourth-order valence-electron chi connectivity index (χ4n) is 1.50. The van der Waals surface area contributed by atoms with Crippen LogP contribution < -0.4 is 0 Å². The van der Waals surface area contributed by atoms with Gasteiger partial charge in [-0.1, -0.05) is 0 Å². The largest absolute Gasteiger partial charge is 0.387 e. The number of aliphatic hydroxyl groups is 1. The van der Waals surface area contributed by atoms with Crippen LogP contribution in [-0.2, 0) is 13.5 Å². The topological polar surface area (TPSA) is 38.0 Å². The van der Waals surface area contributed by atoms with Crippen molar-refractivity contribution in [2.24, 2.45) is 7.05 Å². The van der Waals surface area contributed by atoms with E-state index < -0.39 is 6.10 Å². The molecule has 2 rings (SSSR count). The minimum atomic E-state index is -0.432. The lowest BCUT2D eigenvalue weighted by Crippen LogP contribution is -2.01. The molecule has 2 aromatic heterocycles. The van der Waals surface area contributed by atoms with E-state index in [2.05, 4.69) is 5.10 Å². The molecular weight excluding hydrogens is 208 g/mol. The Hall–Kier alpha value is -1.13. The maximum absolute atomic E-state index is 9.96. The van der Waals surface area contributed by atoms with Crippen LogP contribution in [0.2, 0.25) is 0 Å². The summed E-state index contributed by atoms with van der Waals surface area (Å²) in [6.45, 7) is 2.04. The van der Waals surface area contributed by atoms with Crippen LogP contribution in [-0.4, -0.2) is 14.9 Å². The van der Waals surface area contributed by atoms with Gasteiger partial charge in [0.05, 0.1) is 11.8 Å². The van der Waals surface area contributed by atoms with Crippen LogP contribution in [0.3, 0.4) is 0 Å². The van der Waals surface area contributed by atoms with Gasteiger partial charge in [-0.25, -0.2) is 0 Å². The number of rotatable bonds is 3. The second kappa shape index (κ2) is 4.16. The van der Waals surface area contributed by atoms with Crippen LogP contribution in [0.5, 0.6) is 0 Å². The summed E-state index contributed by atoms with van der Waals surface area (Å²) < 4.78 is 1.75. The molecule has 15 heavy (non-hydrogen) atoms. The van der Waals surface area contributed by atoms with E-state index >= 15 is 0 Å². The number of nitrogens with zero attached hydrogens (tertiary/aromatic N) is 2. The summed E-state index contributed by atoms with van der Waals surface area (Å²) in [5, 5.41) is 14.2. The van der Waals surface area contributed by atoms with Crippen molar-refractivity contribution in [3.63, 3.8) is 0 Å². The molecule has 0 aliphatic carbocycles. The van der Waals surface area contributed by atoms with Crippen LogP contribution in [0.4, 0.5) is 0 Å². The second-order valence-electron chi connectivity index (χ2n) is 3.65. The molecule has 0 amide bonds. The van der Waals surface area contributed by atoms with Crippen LogP contribution in [0.1, 0.15) is 21.6 Å². The number of hydrogen-bond donors (Lipinski definition) is 1. The van der Waals surface area contributed by atoms with E-state index in [4.69, 9.17) is 0 Å². The number of thiophene rings is 1. The molecule has 3 nitrogen and oxygen atoms in total. The molecule has 0 bridgehead atoms. The Morgan fingerprint density at radius 1 is 1.47 bits per heavy atom. The highest BCUT2D eigenvalue weighted by Crippen LogP contribution is 2.24. The maximum atomic E-state index is 9.96. The van der Waals surface area contributed by atoms with Crippen molar-refractivity contribution in [2.45, 2.75) is 19.4 Å². The maximum Gasteiger partial charge on any atom is 0.0938 e. The number of aromatic nitrogens is 2. The van der Waals surface area contributed by atoms with Crippen molar-refractivity contribution in [3.8, 4) is 0 Å². The van der Waals surface area contributed by atoms with Gasteiger partial charge < -0.3 is 5.11 Å². The average molecular weight is 222 g/mol. The minimum absolute atomic E-state index is 0.432. The number of aryl methyl sites for hydroxylation is 2. The summed E-state index contributed by atoms with van der Waals surface area (Å²) in [5.41, 5.74) is 0.927. The van der Waals surface area contributed by atoms with Crippen LogP contribution in [0.25, 0.3) is 0 Å². The molecular formula is C11H14N2OS. The van der Waals surface area contributed by atoms with Crippen LogP contribution in [0.15, 0.2) is 24.4 Å². The Balaban J connectivity index is 2.06. The molecule has 1 atom stereocenters. The lowest BCUT2D eigenvalue weighted by Gasteiger charge is -2.05. The van der Waals surface area contributed by atoms with Crippen molar-refractivity contribution >= 4 is 11.3 Å². The molecule has 1 N–H and O–H groups in total. The Morgan fingerprint density at radius 3 is 2.80 bits per heavy atom. The average Bonchev–Trinajstić information content (AvgIpc) is 2.75. The van der Waals surface area contributed by atoms with Crippen molar-refractivity contribution < 1.29 is 5.11 Å². The highest BCUT2D eigenvalue weighted by atomic mass is 32.1. The lowest BCUT2D eigenvalue weighted by atomic mass is 10.2.